The van der Waals surface area contributed by atoms with Crippen molar-refractivity contribution in [3.05, 3.63) is 67.7 Å². The highest BCUT2D eigenvalue weighted by Crippen LogP contribution is 2.29. The standard InChI is InChI=1S/C15H13Cl2N5O3/c16-11-3-1-10(5-12(11)17)8-25-14-4-2-9(6-13(14)22(23)24)7-20-21-15(18)19/h1-7H,8H2,(H4,18,19,21). The van der Waals surface area contributed by atoms with Crippen molar-refractivity contribution >= 4 is 41.1 Å². The summed E-state index contributed by atoms with van der Waals surface area (Å²) in [6.45, 7) is 0.0964. The van der Waals surface area contributed by atoms with Gasteiger partial charge in [0.25, 0.3) is 0 Å². The molecule has 0 amide bonds. The third-order valence-electron chi connectivity index (χ3n) is 2.94. The lowest BCUT2D eigenvalue weighted by molar-refractivity contribution is -0.385. The molecule has 0 aliphatic heterocycles. The van der Waals surface area contributed by atoms with Gasteiger partial charge in [-0.2, -0.15) is 5.10 Å². The lowest BCUT2D eigenvalue weighted by Gasteiger charge is -2.08. The van der Waals surface area contributed by atoms with E-state index in [4.69, 9.17) is 39.4 Å². The minimum absolute atomic E-state index is 0.0964. The molecule has 0 aliphatic carbocycles. The number of ether oxygens (including phenoxy) is 1. The number of guanidine groups is 1. The molecular formula is C15H13Cl2N5O3. The highest BCUT2D eigenvalue weighted by Gasteiger charge is 2.16. The molecule has 0 aliphatic rings. The zero-order valence-corrected chi connectivity index (χ0v) is 14.2. The van der Waals surface area contributed by atoms with E-state index in [9.17, 15) is 10.1 Å². The second-order valence-electron chi connectivity index (χ2n) is 4.79. The fourth-order valence-electron chi connectivity index (χ4n) is 1.83. The van der Waals surface area contributed by atoms with E-state index < -0.39 is 4.92 Å². The number of hydrogen-bond acceptors (Lipinski definition) is 5. The first kappa shape index (κ1) is 18.5. The van der Waals surface area contributed by atoms with Gasteiger partial charge in [-0.15, -0.1) is 5.10 Å². The van der Waals surface area contributed by atoms with Gasteiger partial charge in [-0.05, 0) is 29.8 Å². The minimum atomic E-state index is -0.553. The summed E-state index contributed by atoms with van der Waals surface area (Å²) in [7, 11) is 0. The Morgan fingerprint density at radius 1 is 1.20 bits per heavy atom. The predicted octanol–water partition coefficient (Wildman–Crippen LogP) is 3.09. The normalized spacial score (nSPS) is 10.6. The van der Waals surface area contributed by atoms with Gasteiger partial charge in [0.15, 0.2) is 5.75 Å². The minimum Gasteiger partial charge on any atom is -0.482 e. The lowest BCUT2D eigenvalue weighted by Crippen LogP contribution is -2.21. The molecule has 130 valence electrons. The quantitative estimate of drug-likeness (QED) is 0.343. The highest BCUT2D eigenvalue weighted by molar-refractivity contribution is 6.42. The largest absolute Gasteiger partial charge is 0.482 e. The fraction of sp³-hybridized carbons (Fsp3) is 0.0667. The van der Waals surface area contributed by atoms with Gasteiger partial charge >= 0.3 is 5.69 Å². The third-order valence-corrected chi connectivity index (χ3v) is 3.68. The van der Waals surface area contributed by atoms with Crippen LogP contribution in [-0.4, -0.2) is 17.1 Å². The maximum Gasteiger partial charge on any atom is 0.311 e. The molecule has 0 saturated carbocycles. The van der Waals surface area contributed by atoms with Gasteiger partial charge in [0, 0.05) is 11.6 Å². The van der Waals surface area contributed by atoms with Gasteiger partial charge in [0.05, 0.1) is 21.2 Å². The Kier molecular flexibility index (Phi) is 6.15. The molecule has 25 heavy (non-hydrogen) atoms. The Balaban J connectivity index is 2.19. The van der Waals surface area contributed by atoms with Gasteiger partial charge in [-0.25, -0.2) is 0 Å². The number of halogens is 2. The number of benzene rings is 2. The second-order valence-corrected chi connectivity index (χ2v) is 5.61. The molecule has 10 heteroatoms. The Hall–Kier alpha value is -2.84. The number of nitro groups is 1. The van der Waals surface area contributed by atoms with Crippen molar-refractivity contribution in [2.75, 3.05) is 0 Å². The number of nitro benzene ring substituents is 1. The van der Waals surface area contributed by atoms with Crippen molar-refractivity contribution in [3.63, 3.8) is 0 Å². The second kappa shape index (κ2) is 8.32. The Bertz CT molecular complexity index is 851. The monoisotopic (exact) mass is 381 g/mol. The number of hydrogen-bond donors (Lipinski definition) is 2. The molecule has 2 aromatic carbocycles. The number of rotatable bonds is 6. The molecule has 2 aromatic rings. The van der Waals surface area contributed by atoms with E-state index in [2.05, 4.69) is 10.2 Å². The van der Waals surface area contributed by atoms with Crippen molar-refractivity contribution in [1.29, 1.82) is 0 Å². The topological polar surface area (TPSA) is 129 Å². The summed E-state index contributed by atoms with van der Waals surface area (Å²) < 4.78 is 5.52. The first-order valence-electron chi connectivity index (χ1n) is 6.84. The third kappa shape index (κ3) is 5.33. The van der Waals surface area contributed by atoms with Crippen molar-refractivity contribution in [3.8, 4) is 5.75 Å². The molecule has 0 bridgehead atoms. The maximum absolute atomic E-state index is 11.2. The van der Waals surface area contributed by atoms with E-state index in [-0.39, 0.29) is 24.0 Å². The summed E-state index contributed by atoms with van der Waals surface area (Å²) in [6.07, 6.45) is 1.29. The molecule has 0 radical (unpaired) electrons. The smallest absolute Gasteiger partial charge is 0.311 e. The molecule has 2 rings (SSSR count). The van der Waals surface area contributed by atoms with Gasteiger partial charge in [-0.1, -0.05) is 29.3 Å². The summed E-state index contributed by atoms with van der Waals surface area (Å²) in [5, 5.41) is 19.1. The van der Waals surface area contributed by atoms with E-state index in [0.29, 0.717) is 15.6 Å². The average molecular weight is 382 g/mol. The summed E-state index contributed by atoms with van der Waals surface area (Å²) in [4.78, 5) is 10.7. The van der Waals surface area contributed by atoms with E-state index >= 15 is 0 Å². The Labute approximate surface area is 152 Å². The predicted molar refractivity (Wildman–Crippen MR) is 97.3 cm³/mol. The van der Waals surface area contributed by atoms with Gasteiger partial charge < -0.3 is 16.2 Å². The molecule has 0 unspecified atom stereocenters. The van der Waals surface area contributed by atoms with Crippen LogP contribution in [0.15, 0.2) is 46.6 Å². The average Bonchev–Trinajstić information content (AvgIpc) is 2.56. The number of nitrogens with zero attached hydrogens (tertiary/aromatic N) is 3. The number of nitrogens with two attached hydrogens (primary N) is 2. The maximum atomic E-state index is 11.2. The van der Waals surface area contributed by atoms with Gasteiger partial charge in [0.1, 0.15) is 6.61 Å². The van der Waals surface area contributed by atoms with Crippen LogP contribution in [0.4, 0.5) is 5.69 Å². The van der Waals surface area contributed by atoms with E-state index in [1.54, 1.807) is 24.3 Å². The molecule has 0 aromatic heterocycles. The molecule has 0 saturated heterocycles. The van der Waals surface area contributed by atoms with Crippen LogP contribution < -0.4 is 16.2 Å². The van der Waals surface area contributed by atoms with Crippen LogP contribution in [-0.2, 0) is 6.61 Å². The van der Waals surface area contributed by atoms with Crippen molar-refractivity contribution < 1.29 is 9.66 Å². The van der Waals surface area contributed by atoms with Crippen LogP contribution in [0.2, 0.25) is 10.0 Å². The summed E-state index contributed by atoms with van der Waals surface area (Å²) in [6, 6.07) is 9.33. The Morgan fingerprint density at radius 3 is 2.60 bits per heavy atom. The van der Waals surface area contributed by atoms with Crippen molar-refractivity contribution in [2.45, 2.75) is 6.61 Å². The molecule has 8 nitrogen and oxygen atoms in total. The lowest BCUT2D eigenvalue weighted by atomic mass is 10.2. The summed E-state index contributed by atoms with van der Waals surface area (Å²) >= 11 is 11.8. The highest BCUT2D eigenvalue weighted by atomic mass is 35.5. The van der Waals surface area contributed by atoms with Crippen LogP contribution >= 0.6 is 23.2 Å². The molecule has 0 heterocycles. The van der Waals surface area contributed by atoms with E-state index in [1.165, 1.54) is 18.3 Å². The van der Waals surface area contributed by atoms with Crippen LogP contribution in [0.5, 0.6) is 5.75 Å². The van der Waals surface area contributed by atoms with Crippen LogP contribution in [0.1, 0.15) is 11.1 Å². The van der Waals surface area contributed by atoms with Crippen LogP contribution in [0.3, 0.4) is 0 Å². The molecule has 0 fully saturated rings. The SMILES string of the molecule is NC(N)=NN=Cc1ccc(OCc2ccc(Cl)c(Cl)c2)c([N+](=O)[O-])c1. The molecule has 0 spiro atoms. The molecule has 4 N–H and O–H groups in total. The Morgan fingerprint density at radius 2 is 1.96 bits per heavy atom. The zero-order chi connectivity index (χ0) is 18.4. The fourth-order valence-corrected chi connectivity index (χ4v) is 2.15. The van der Waals surface area contributed by atoms with Crippen LogP contribution in [0, 0.1) is 10.1 Å². The first-order chi connectivity index (χ1) is 11.9. The zero-order valence-electron chi connectivity index (χ0n) is 12.7. The van der Waals surface area contributed by atoms with Gasteiger partial charge in [-0.3, -0.25) is 10.1 Å². The van der Waals surface area contributed by atoms with Crippen molar-refractivity contribution in [1.82, 2.24) is 0 Å². The summed E-state index contributed by atoms with van der Waals surface area (Å²) in [5.74, 6) is -0.109. The van der Waals surface area contributed by atoms with E-state index in [1.807, 2.05) is 0 Å². The van der Waals surface area contributed by atoms with Crippen LogP contribution in [0.25, 0.3) is 0 Å². The van der Waals surface area contributed by atoms with Gasteiger partial charge in [0.2, 0.25) is 5.96 Å². The summed E-state index contributed by atoms with van der Waals surface area (Å²) in [5.41, 5.74) is 11.2. The first-order valence-corrected chi connectivity index (χ1v) is 7.59. The molecular weight excluding hydrogens is 369 g/mol. The van der Waals surface area contributed by atoms with E-state index in [0.717, 1.165) is 5.56 Å². The molecule has 0 atom stereocenters. The van der Waals surface area contributed by atoms with Crippen molar-refractivity contribution in [2.24, 2.45) is 21.7 Å².